The Hall–Kier alpha value is -2.83. The van der Waals surface area contributed by atoms with Crippen LogP contribution in [-0.2, 0) is 13.1 Å². The molecule has 1 saturated heterocycles. The van der Waals surface area contributed by atoms with Crippen LogP contribution in [-0.4, -0.2) is 51.0 Å². The van der Waals surface area contributed by atoms with Crippen molar-refractivity contribution < 1.29 is 14.6 Å². The van der Waals surface area contributed by atoms with E-state index in [0.29, 0.717) is 13.2 Å². The van der Waals surface area contributed by atoms with Crippen molar-refractivity contribution in [3.63, 3.8) is 0 Å². The molecule has 1 N–H and O–H groups in total. The van der Waals surface area contributed by atoms with Crippen molar-refractivity contribution >= 4 is 0 Å². The summed E-state index contributed by atoms with van der Waals surface area (Å²) in [4.78, 5) is 6.52. The van der Waals surface area contributed by atoms with Gasteiger partial charge in [-0.25, -0.2) is 4.98 Å². The van der Waals surface area contributed by atoms with Crippen molar-refractivity contribution in [1.82, 2.24) is 14.5 Å². The lowest BCUT2D eigenvalue weighted by atomic mass is 9.91. The molecule has 0 saturated carbocycles. The fourth-order valence-electron chi connectivity index (χ4n) is 4.58. The molecule has 6 heteroatoms. The smallest absolute Gasteiger partial charge is 0.129 e. The first-order valence-electron chi connectivity index (χ1n) is 11.7. The molecule has 4 rings (SSSR count). The number of aliphatic hydroxyl groups is 1. The first-order valence-corrected chi connectivity index (χ1v) is 11.7. The van der Waals surface area contributed by atoms with E-state index < -0.39 is 5.60 Å². The SMILES string of the molecule is Cc1cc(C)cc(O[C@H]2CCN(Cc3ccc(OCCn4ccnc4C)cc3)C[C@]2(C)O)c1. The first kappa shape index (κ1) is 23.3. The molecule has 0 spiro atoms. The minimum absolute atomic E-state index is 0.218. The number of benzene rings is 2. The number of piperidine rings is 1. The lowest BCUT2D eigenvalue weighted by Gasteiger charge is -2.42. The lowest BCUT2D eigenvalue weighted by molar-refractivity contribution is -0.0993. The van der Waals surface area contributed by atoms with Crippen LogP contribution in [0.25, 0.3) is 0 Å². The number of aromatic nitrogens is 2. The summed E-state index contributed by atoms with van der Waals surface area (Å²) >= 11 is 0. The van der Waals surface area contributed by atoms with Crippen molar-refractivity contribution in [3.05, 3.63) is 77.4 Å². The minimum atomic E-state index is -0.912. The van der Waals surface area contributed by atoms with Gasteiger partial charge in [0.1, 0.15) is 35.6 Å². The zero-order chi connectivity index (χ0) is 23.4. The Kier molecular flexibility index (Phi) is 7.05. The first-order chi connectivity index (χ1) is 15.8. The molecule has 1 aliphatic rings. The molecule has 2 aromatic carbocycles. The molecule has 33 heavy (non-hydrogen) atoms. The normalized spacial score (nSPS) is 21.2. The Balaban J connectivity index is 1.28. The van der Waals surface area contributed by atoms with Crippen LogP contribution in [0.1, 0.15) is 35.9 Å². The van der Waals surface area contributed by atoms with Crippen molar-refractivity contribution in [2.75, 3.05) is 19.7 Å². The number of rotatable bonds is 8. The number of imidazole rings is 1. The van der Waals surface area contributed by atoms with E-state index in [1.807, 2.05) is 44.3 Å². The van der Waals surface area contributed by atoms with Crippen molar-refractivity contribution in [2.45, 2.75) is 58.9 Å². The van der Waals surface area contributed by atoms with Crippen LogP contribution in [0, 0.1) is 20.8 Å². The number of β-amino-alcohol motifs (C(OH)–C–C–N with tert-alkyl or cyclic N) is 1. The summed E-state index contributed by atoms with van der Waals surface area (Å²) in [5.41, 5.74) is 2.64. The van der Waals surface area contributed by atoms with Crippen molar-refractivity contribution in [3.8, 4) is 11.5 Å². The second-order valence-corrected chi connectivity index (χ2v) is 9.45. The van der Waals surface area contributed by atoms with Gasteiger partial charge in [-0.3, -0.25) is 4.90 Å². The topological polar surface area (TPSA) is 59.8 Å². The highest BCUT2D eigenvalue weighted by atomic mass is 16.5. The molecule has 0 bridgehead atoms. The number of aryl methyl sites for hydroxylation is 3. The van der Waals surface area contributed by atoms with Gasteiger partial charge in [-0.1, -0.05) is 18.2 Å². The van der Waals surface area contributed by atoms with Crippen LogP contribution in [0.3, 0.4) is 0 Å². The van der Waals surface area contributed by atoms with Gasteiger partial charge in [0.25, 0.3) is 0 Å². The van der Waals surface area contributed by atoms with Gasteiger partial charge in [0.15, 0.2) is 0 Å². The molecule has 0 radical (unpaired) electrons. The van der Waals surface area contributed by atoms with Gasteiger partial charge in [-0.15, -0.1) is 0 Å². The van der Waals surface area contributed by atoms with Gasteiger partial charge in [0.05, 0.1) is 6.54 Å². The molecule has 2 atom stereocenters. The largest absolute Gasteiger partial charge is 0.492 e. The third-order valence-corrected chi connectivity index (χ3v) is 6.27. The van der Waals surface area contributed by atoms with E-state index in [4.69, 9.17) is 9.47 Å². The standard InChI is InChI=1S/C27H35N3O3/c1-20-15-21(2)17-25(16-20)33-26-9-11-29(19-27(26,4)31)18-23-5-7-24(8-6-23)32-14-13-30-12-10-28-22(30)3/h5-8,10,12,15-17,26,31H,9,11,13-14,18-19H2,1-4H3/t26-,27-/m0/s1. The Bertz CT molecular complexity index is 1040. The maximum absolute atomic E-state index is 11.1. The van der Waals surface area contributed by atoms with E-state index in [1.54, 1.807) is 6.20 Å². The van der Waals surface area contributed by atoms with Gasteiger partial charge in [-0.05, 0) is 75.1 Å². The lowest BCUT2D eigenvalue weighted by Crippen LogP contribution is -2.56. The fraction of sp³-hybridized carbons (Fsp3) is 0.444. The molecular formula is C27H35N3O3. The van der Waals surface area contributed by atoms with E-state index in [1.165, 1.54) is 16.7 Å². The van der Waals surface area contributed by atoms with Crippen LogP contribution in [0.4, 0.5) is 0 Å². The summed E-state index contributed by atoms with van der Waals surface area (Å²) in [7, 11) is 0. The van der Waals surface area contributed by atoms with E-state index in [9.17, 15) is 5.11 Å². The minimum Gasteiger partial charge on any atom is -0.492 e. The molecule has 0 aliphatic carbocycles. The zero-order valence-corrected chi connectivity index (χ0v) is 20.1. The molecule has 0 amide bonds. The quantitative estimate of drug-likeness (QED) is 0.556. The summed E-state index contributed by atoms with van der Waals surface area (Å²) in [6.45, 7) is 11.6. The number of hydrogen-bond acceptors (Lipinski definition) is 5. The van der Waals surface area contributed by atoms with E-state index >= 15 is 0 Å². The second-order valence-electron chi connectivity index (χ2n) is 9.45. The Labute approximate surface area is 196 Å². The molecule has 2 heterocycles. The highest BCUT2D eigenvalue weighted by Gasteiger charge is 2.39. The Morgan fingerprint density at radius 1 is 1.06 bits per heavy atom. The number of nitrogens with zero attached hydrogens (tertiary/aromatic N) is 3. The van der Waals surface area contributed by atoms with E-state index in [-0.39, 0.29) is 6.10 Å². The molecule has 176 valence electrons. The zero-order valence-electron chi connectivity index (χ0n) is 20.1. The average Bonchev–Trinajstić information content (AvgIpc) is 3.15. The maximum Gasteiger partial charge on any atom is 0.129 e. The van der Waals surface area contributed by atoms with E-state index in [2.05, 4.69) is 46.5 Å². The van der Waals surface area contributed by atoms with Crippen LogP contribution in [0.15, 0.2) is 54.9 Å². The molecular weight excluding hydrogens is 414 g/mol. The summed E-state index contributed by atoms with van der Waals surface area (Å²) in [6, 6.07) is 14.4. The van der Waals surface area contributed by atoms with Gasteiger partial charge in [0, 0.05) is 32.0 Å². The third kappa shape index (κ3) is 6.15. The Morgan fingerprint density at radius 3 is 2.42 bits per heavy atom. The van der Waals surface area contributed by atoms with Crippen molar-refractivity contribution in [2.24, 2.45) is 0 Å². The molecule has 1 fully saturated rings. The summed E-state index contributed by atoms with van der Waals surface area (Å²) < 4.78 is 14.2. The predicted molar refractivity (Wildman–Crippen MR) is 130 cm³/mol. The maximum atomic E-state index is 11.1. The summed E-state index contributed by atoms with van der Waals surface area (Å²) in [6.07, 6.45) is 4.34. The molecule has 3 aromatic rings. The second kappa shape index (κ2) is 9.98. The molecule has 6 nitrogen and oxygen atoms in total. The van der Waals surface area contributed by atoms with Crippen molar-refractivity contribution in [1.29, 1.82) is 0 Å². The van der Waals surface area contributed by atoms with Gasteiger partial charge >= 0.3 is 0 Å². The van der Waals surface area contributed by atoms with Crippen LogP contribution < -0.4 is 9.47 Å². The number of likely N-dealkylation sites (tertiary alicyclic amines) is 1. The van der Waals surface area contributed by atoms with Crippen LogP contribution in [0.2, 0.25) is 0 Å². The Morgan fingerprint density at radius 2 is 1.79 bits per heavy atom. The predicted octanol–water partition coefficient (Wildman–Crippen LogP) is 4.29. The van der Waals surface area contributed by atoms with Gasteiger partial charge < -0.3 is 19.1 Å². The molecule has 0 unspecified atom stereocenters. The highest BCUT2D eigenvalue weighted by molar-refractivity contribution is 5.33. The van der Waals surface area contributed by atoms with Crippen LogP contribution in [0.5, 0.6) is 11.5 Å². The number of ether oxygens (including phenoxy) is 2. The molecule has 1 aliphatic heterocycles. The van der Waals surface area contributed by atoms with Gasteiger partial charge in [-0.2, -0.15) is 0 Å². The monoisotopic (exact) mass is 449 g/mol. The fourth-order valence-corrected chi connectivity index (χ4v) is 4.58. The average molecular weight is 450 g/mol. The highest BCUT2D eigenvalue weighted by Crippen LogP contribution is 2.28. The molecule has 1 aromatic heterocycles. The third-order valence-electron chi connectivity index (χ3n) is 6.27. The summed E-state index contributed by atoms with van der Waals surface area (Å²) in [5, 5.41) is 11.1. The van der Waals surface area contributed by atoms with Crippen LogP contribution >= 0.6 is 0 Å². The van der Waals surface area contributed by atoms with Gasteiger partial charge in [0.2, 0.25) is 0 Å². The number of hydrogen-bond donors (Lipinski definition) is 1. The van der Waals surface area contributed by atoms with E-state index in [0.717, 1.165) is 43.4 Å². The summed E-state index contributed by atoms with van der Waals surface area (Å²) in [5.74, 6) is 2.70.